The van der Waals surface area contributed by atoms with Gasteiger partial charge in [0.2, 0.25) is 5.95 Å². The van der Waals surface area contributed by atoms with Gasteiger partial charge in [-0.2, -0.15) is 10.4 Å². The number of halogens is 3. The summed E-state index contributed by atoms with van der Waals surface area (Å²) < 4.78 is 46.4. The molecule has 0 aliphatic heterocycles. The number of rotatable bonds is 6. The quantitative estimate of drug-likeness (QED) is 0.457. The lowest BCUT2D eigenvalue weighted by molar-refractivity contribution is -0.275. The number of hydrazone groups is 1. The van der Waals surface area contributed by atoms with Crippen molar-refractivity contribution in [3.8, 4) is 28.8 Å². The highest BCUT2D eigenvalue weighted by molar-refractivity contribution is 5.81. The van der Waals surface area contributed by atoms with Crippen LogP contribution in [-0.2, 0) is 0 Å². The van der Waals surface area contributed by atoms with Crippen LogP contribution in [-0.4, -0.2) is 29.7 Å². The number of anilines is 1. The molecule has 0 fully saturated rings. The van der Waals surface area contributed by atoms with Gasteiger partial charge >= 0.3 is 6.36 Å². The molecule has 1 aromatic heterocycles. The zero-order valence-corrected chi connectivity index (χ0v) is 15.9. The molecule has 0 bridgehead atoms. The smallest absolute Gasteiger partial charge is 0.493 e. The van der Waals surface area contributed by atoms with Crippen molar-refractivity contribution < 1.29 is 22.6 Å². The summed E-state index contributed by atoms with van der Waals surface area (Å²) in [6, 6.07) is 14.3. The summed E-state index contributed by atoms with van der Waals surface area (Å²) in [4.78, 5) is 18.8. The molecule has 3 rings (SSSR count). The molecule has 0 saturated carbocycles. The Morgan fingerprint density at radius 1 is 1.19 bits per heavy atom. The number of nitrogens with zero attached hydrogens (tertiary/aromatic N) is 3. The summed E-state index contributed by atoms with van der Waals surface area (Å²) >= 11 is 0. The van der Waals surface area contributed by atoms with Crippen LogP contribution in [0, 0.1) is 11.3 Å². The molecule has 11 heteroatoms. The Morgan fingerprint density at radius 2 is 1.94 bits per heavy atom. The molecule has 1 heterocycles. The molecule has 0 aliphatic carbocycles. The van der Waals surface area contributed by atoms with E-state index < -0.39 is 17.7 Å². The van der Waals surface area contributed by atoms with E-state index in [1.165, 1.54) is 25.5 Å². The first kappa shape index (κ1) is 21.4. The minimum atomic E-state index is -4.89. The van der Waals surface area contributed by atoms with Crippen LogP contribution in [0.3, 0.4) is 0 Å². The normalized spacial score (nSPS) is 11.2. The molecule has 0 unspecified atom stereocenters. The molecule has 0 spiro atoms. The first-order valence-electron chi connectivity index (χ1n) is 8.63. The number of H-pyrrole nitrogens is 1. The number of hydrogen-bond acceptors (Lipinski definition) is 7. The Labute approximate surface area is 173 Å². The van der Waals surface area contributed by atoms with E-state index in [0.29, 0.717) is 5.56 Å². The second-order valence-corrected chi connectivity index (χ2v) is 5.94. The number of ether oxygens (including phenoxy) is 2. The summed E-state index contributed by atoms with van der Waals surface area (Å²) in [5.41, 5.74) is 2.64. The molecule has 2 aromatic carbocycles. The lowest BCUT2D eigenvalue weighted by Gasteiger charge is -2.12. The van der Waals surface area contributed by atoms with Crippen molar-refractivity contribution in [2.45, 2.75) is 6.36 Å². The van der Waals surface area contributed by atoms with Crippen molar-refractivity contribution in [3.05, 3.63) is 70.0 Å². The number of benzene rings is 2. The maximum absolute atomic E-state index is 12.6. The van der Waals surface area contributed by atoms with Gasteiger partial charge in [-0.15, -0.1) is 13.2 Å². The van der Waals surface area contributed by atoms with Crippen LogP contribution >= 0.6 is 0 Å². The van der Waals surface area contributed by atoms with E-state index in [4.69, 9.17) is 4.74 Å². The monoisotopic (exact) mass is 429 g/mol. The van der Waals surface area contributed by atoms with E-state index in [1.54, 1.807) is 30.3 Å². The second kappa shape index (κ2) is 9.00. The minimum absolute atomic E-state index is 0.0561. The zero-order chi connectivity index (χ0) is 22.4. The molecule has 3 aromatic rings. The minimum Gasteiger partial charge on any atom is -0.493 e. The van der Waals surface area contributed by atoms with Crippen LogP contribution in [0.2, 0.25) is 0 Å². The SMILES string of the molecule is COc1ccc(C=NNc2nc(-c3ccccc3)c(C#N)c(=O)[nH]2)cc1OC(F)(F)F. The average molecular weight is 429 g/mol. The van der Waals surface area contributed by atoms with Crippen LogP contribution in [0.1, 0.15) is 11.1 Å². The highest BCUT2D eigenvalue weighted by Crippen LogP contribution is 2.32. The van der Waals surface area contributed by atoms with Gasteiger partial charge in [-0.05, 0) is 23.8 Å². The molecule has 0 aliphatic rings. The predicted octanol–water partition coefficient (Wildman–Crippen LogP) is 3.66. The van der Waals surface area contributed by atoms with Crippen molar-refractivity contribution in [2.75, 3.05) is 12.5 Å². The fourth-order valence-corrected chi connectivity index (χ4v) is 2.58. The Balaban J connectivity index is 1.86. The van der Waals surface area contributed by atoms with E-state index in [0.717, 1.165) is 6.07 Å². The van der Waals surface area contributed by atoms with Gasteiger partial charge in [-0.1, -0.05) is 30.3 Å². The summed E-state index contributed by atoms with van der Waals surface area (Å²) in [5, 5.41) is 13.1. The summed E-state index contributed by atoms with van der Waals surface area (Å²) in [6.07, 6.45) is -3.69. The Bertz CT molecular complexity index is 1200. The van der Waals surface area contributed by atoms with Gasteiger partial charge in [0.15, 0.2) is 11.5 Å². The molecule has 0 radical (unpaired) electrons. The second-order valence-electron chi connectivity index (χ2n) is 5.94. The van der Waals surface area contributed by atoms with Crippen molar-refractivity contribution in [1.29, 1.82) is 5.26 Å². The van der Waals surface area contributed by atoms with Crippen molar-refractivity contribution in [1.82, 2.24) is 9.97 Å². The van der Waals surface area contributed by atoms with Crippen LogP contribution in [0.15, 0.2) is 58.4 Å². The van der Waals surface area contributed by atoms with Crippen LogP contribution in [0.4, 0.5) is 19.1 Å². The summed E-state index contributed by atoms with van der Waals surface area (Å²) in [5.74, 6) is -0.692. The van der Waals surface area contributed by atoms with E-state index in [-0.39, 0.29) is 28.5 Å². The molecule has 0 saturated heterocycles. The van der Waals surface area contributed by atoms with Gasteiger partial charge in [0.05, 0.1) is 19.0 Å². The molecule has 8 nitrogen and oxygen atoms in total. The van der Waals surface area contributed by atoms with Gasteiger partial charge in [0.25, 0.3) is 5.56 Å². The zero-order valence-electron chi connectivity index (χ0n) is 15.9. The van der Waals surface area contributed by atoms with Crippen LogP contribution in [0.5, 0.6) is 11.5 Å². The molecule has 158 valence electrons. The third-order valence-electron chi connectivity index (χ3n) is 3.88. The van der Waals surface area contributed by atoms with E-state index in [9.17, 15) is 23.2 Å². The third-order valence-corrected chi connectivity index (χ3v) is 3.88. The van der Waals surface area contributed by atoms with Gasteiger partial charge in [0, 0.05) is 5.56 Å². The fraction of sp³-hybridized carbons (Fsp3) is 0.100. The maximum atomic E-state index is 12.6. The standard InChI is InChI=1S/C20H14F3N5O3/c1-30-15-8-7-12(9-16(15)31-20(21,22)23)11-25-28-19-26-17(13-5-3-2-4-6-13)14(10-24)18(29)27-19/h2-9,11H,1H3,(H2,26,27,28,29). The number of nitrogens with one attached hydrogen (secondary N) is 2. The van der Waals surface area contributed by atoms with Gasteiger partial charge in [-0.3, -0.25) is 9.78 Å². The Hall–Kier alpha value is -4.33. The lowest BCUT2D eigenvalue weighted by atomic mass is 10.1. The molecule has 0 atom stereocenters. The van der Waals surface area contributed by atoms with Crippen LogP contribution in [0.25, 0.3) is 11.3 Å². The lowest BCUT2D eigenvalue weighted by Crippen LogP contribution is -2.17. The molecule has 0 amide bonds. The van der Waals surface area contributed by atoms with Gasteiger partial charge in [0.1, 0.15) is 11.6 Å². The molecular formula is C20H14F3N5O3. The number of hydrogen-bond donors (Lipinski definition) is 2. The number of alkyl halides is 3. The summed E-state index contributed by atoms with van der Waals surface area (Å²) in [7, 11) is 1.21. The molecular weight excluding hydrogens is 415 g/mol. The van der Waals surface area contributed by atoms with E-state index >= 15 is 0 Å². The number of nitriles is 1. The van der Waals surface area contributed by atoms with Crippen molar-refractivity contribution in [2.24, 2.45) is 5.10 Å². The fourth-order valence-electron chi connectivity index (χ4n) is 2.58. The first-order chi connectivity index (χ1) is 14.8. The van der Waals surface area contributed by atoms with Crippen LogP contribution < -0.4 is 20.5 Å². The maximum Gasteiger partial charge on any atom is 0.573 e. The molecule has 31 heavy (non-hydrogen) atoms. The number of methoxy groups -OCH3 is 1. The van der Waals surface area contributed by atoms with Crippen molar-refractivity contribution in [3.63, 3.8) is 0 Å². The largest absolute Gasteiger partial charge is 0.573 e. The molecule has 2 N–H and O–H groups in total. The predicted molar refractivity (Wildman–Crippen MR) is 106 cm³/mol. The van der Waals surface area contributed by atoms with Gasteiger partial charge in [-0.25, -0.2) is 10.4 Å². The third kappa shape index (κ3) is 5.39. The number of aromatic nitrogens is 2. The number of aromatic amines is 1. The summed E-state index contributed by atoms with van der Waals surface area (Å²) in [6.45, 7) is 0. The van der Waals surface area contributed by atoms with E-state index in [2.05, 4.69) is 25.2 Å². The highest BCUT2D eigenvalue weighted by Gasteiger charge is 2.32. The highest BCUT2D eigenvalue weighted by atomic mass is 19.4. The van der Waals surface area contributed by atoms with Crippen molar-refractivity contribution >= 4 is 12.2 Å². The first-order valence-corrected chi connectivity index (χ1v) is 8.63. The average Bonchev–Trinajstić information content (AvgIpc) is 2.73. The Morgan fingerprint density at radius 3 is 2.58 bits per heavy atom. The topological polar surface area (TPSA) is 112 Å². The Kier molecular flexibility index (Phi) is 6.21. The van der Waals surface area contributed by atoms with E-state index in [1.807, 2.05) is 6.07 Å². The van der Waals surface area contributed by atoms with Gasteiger partial charge < -0.3 is 9.47 Å².